The summed E-state index contributed by atoms with van der Waals surface area (Å²) in [6.45, 7) is 0.460. The molecule has 132 valence electrons. The molecule has 0 bridgehead atoms. The summed E-state index contributed by atoms with van der Waals surface area (Å²) in [5, 5.41) is 4.11. The Morgan fingerprint density at radius 1 is 1.27 bits per heavy atom. The van der Waals surface area contributed by atoms with E-state index in [-0.39, 0.29) is 11.9 Å². The van der Waals surface area contributed by atoms with Gasteiger partial charge in [0.25, 0.3) is 0 Å². The highest BCUT2D eigenvalue weighted by atomic mass is 16.5. The molecule has 2 aromatic carbocycles. The fraction of sp³-hybridized carbons (Fsp3) is 0.238. The first-order chi connectivity index (χ1) is 12.7. The highest BCUT2D eigenvalue weighted by Crippen LogP contribution is 2.29. The molecular formula is C21H20N2O3. The normalized spacial score (nSPS) is 15.8. The molecule has 1 N–H and O–H groups in total. The Labute approximate surface area is 152 Å². The lowest BCUT2D eigenvalue weighted by Gasteiger charge is -2.26. The number of ether oxygens (including phenoxy) is 2. The van der Waals surface area contributed by atoms with Crippen molar-refractivity contribution in [1.82, 2.24) is 10.3 Å². The Morgan fingerprint density at radius 3 is 3.04 bits per heavy atom. The zero-order chi connectivity index (χ0) is 17.9. The Morgan fingerprint density at radius 2 is 2.15 bits per heavy atom. The van der Waals surface area contributed by atoms with Crippen LogP contribution in [0.5, 0.6) is 11.5 Å². The fourth-order valence-corrected chi connectivity index (χ4v) is 3.25. The van der Waals surface area contributed by atoms with Crippen LogP contribution in [0.4, 0.5) is 0 Å². The average molecular weight is 348 g/mol. The van der Waals surface area contributed by atoms with E-state index in [2.05, 4.69) is 10.3 Å². The van der Waals surface area contributed by atoms with Gasteiger partial charge in [-0.05, 0) is 35.7 Å². The molecule has 1 atom stereocenters. The first kappa shape index (κ1) is 16.4. The minimum Gasteiger partial charge on any atom is -0.497 e. The van der Waals surface area contributed by atoms with E-state index in [0.717, 1.165) is 39.9 Å². The maximum absolute atomic E-state index is 12.4. The standard InChI is InChI=1S/C21H20N2O3/c1-25-18-7-6-16-10-17(13-26-20(16)11-18)23-21(24)9-14-8-15-4-2-3-5-19(15)22-12-14/h2-8,11-12,17H,9-10,13H2,1H3,(H,23,24)/t17-/m0/s1. The Hall–Kier alpha value is -3.08. The molecule has 26 heavy (non-hydrogen) atoms. The molecule has 5 heteroatoms. The largest absolute Gasteiger partial charge is 0.497 e. The Bertz CT molecular complexity index is 955. The first-order valence-corrected chi connectivity index (χ1v) is 8.64. The molecule has 0 radical (unpaired) electrons. The molecule has 4 rings (SSSR count). The van der Waals surface area contributed by atoms with Gasteiger partial charge < -0.3 is 14.8 Å². The van der Waals surface area contributed by atoms with Gasteiger partial charge in [0, 0.05) is 17.6 Å². The molecule has 0 aliphatic carbocycles. The van der Waals surface area contributed by atoms with Crippen molar-refractivity contribution in [2.45, 2.75) is 18.9 Å². The van der Waals surface area contributed by atoms with E-state index in [1.54, 1.807) is 13.3 Å². The van der Waals surface area contributed by atoms with Gasteiger partial charge in [-0.25, -0.2) is 0 Å². The number of rotatable bonds is 4. The maximum Gasteiger partial charge on any atom is 0.224 e. The maximum atomic E-state index is 12.4. The van der Waals surface area contributed by atoms with Gasteiger partial charge in [-0.2, -0.15) is 0 Å². The summed E-state index contributed by atoms with van der Waals surface area (Å²) in [7, 11) is 1.63. The number of hydrogen-bond donors (Lipinski definition) is 1. The average Bonchev–Trinajstić information content (AvgIpc) is 2.67. The number of para-hydroxylation sites is 1. The molecule has 1 aromatic heterocycles. The SMILES string of the molecule is COc1ccc2c(c1)OC[C@@H](NC(=O)Cc1cnc3ccccc3c1)C2. The van der Waals surface area contributed by atoms with Gasteiger partial charge in [0.2, 0.25) is 5.91 Å². The molecule has 0 saturated carbocycles. The molecule has 3 aromatic rings. The Kier molecular flexibility index (Phi) is 4.44. The van der Waals surface area contributed by atoms with Gasteiger partial charge in [0.1, 0.15) is 18.1 Å². The molecular weight excluding hydrogens is 328 g/mol. The first-order valence-electron chi connectivity index (χ1n) is 8.64. The summed E-state index contributed by atoms with van der Waals surface area (Å²) in [5.41, 5.74) is 2.92. The summed E-state index contributed by atoms with van der Waals surface area (Å²) in [4.78, 5) is 16.8. The molecule has 0 spiro atoms. The van der Waals surface area contributed by atoms with Crippen LogP contribution in [0.2, 0.25) is 0 Å². The second-order valence-electron chi connectivity index (χ2n) is 6.47. The second kappa shape index (κ2) is 7.04. The number of benzene rings is 2. The summed E-state index contributed by atoms with van der Waals surface area (Å²) in [6.07, 6.45) is 2.83. The lowest BCUT2D eigenvalue weighted by atomic mass is 10.0. The van der Waals surface area contributed by atoms with E-state index < -0.39 is 0 Å². The van der Waals surface area contributed by atoms with Crippen LogP contribution in [-0.4, -0.2) is 30.6 Å². The molecule has 0 saturated heterocycles. The van der Waals surface area contributed by atoms with Crippen LogP contribution >= 0.6 is 0 Å². The van der Waals surface area contributed by atoms with Crippen molar-refractivity contribution in [1.29, 1.82) is 0 Å². The van der Waals surface area contributed by atoms with Crippen LogP contribution in [0.15, 0.2) is 54.7 Å². The van der Waals surface area contributed by atoms with Crippen LogP contribution < -0.4 is 14.8 Å². The van der Waals surface area contributed by atoms with Gasteiger partial charge in [-0.3, -0.25) is 9.78 Å². The lowest BCUT2D eigenvalue weighted by molar-refractivity contribution is -0.121. The van der Waals surface area contributed by atoms with Crippen molar-refractivity contribution >= 4 is 16.8 Å². The van der Waals surface area contributed by atoms with Crippen molar-refractivity contribution in [3.63, 3.8) is 0 Å². The van der Waals surface area contributed by atoms with E-state index >= 15 is 0 Å². The minimum absolute atomic E-state index is 0.0207. The van der Waals surface area contributed by atoms with Gasteiger partial charge in [0.05, 0.1) is 25.1 Å². The van der Waals surface area contributed by atoms with E-state index in [1.807, 2.05) is 48.5 Å². The van der Waals surface area contributed by atoms with Crippen molar-refractivity contribution < 1.29 is 14.3 Å². The predicted molar refractivity (Wildman–Crippen MR) is 99.6 cm³/mol. The van der Waals surface area contributed by atoms with Crippen LogP contribution in [0.3, 0.4) is 0 Å². The van der Waals surface area contributed by atoms with Crippen molar-refractivity contribution in [2.75, 3.05) is 13.7 Å². The summed E-state index contributed by atoms with van der Waals surface area (Å²) in [6, 6.07) is 15.7. The number of nitrogens with zero attached hydrogens (tertiary/aromatic N) is 1. The van der Waals surface area contributed by atoms with Gasteiger partial charge in [-0.15, -0.1) is 0 Å². The molecule has 1 aliphatic heterocycles. The smallest absolute Gasteiger partial charge is 0.224 e. The topological polar surface area (TPSA) is 60.5 Å². The molecule has 5 nitrogen and oxygen atoms in total. The third-order valence-electron chi connectivity index (χ3n) is 4.56. The Balaban J connectivity index is 1.40. The minimum atomic E-state index is -0.0307. The molecule has 2 heterocycles. The highest BCUT2D eigenvalue weighted by Gasteiger charge is 2.22. The van der Waals surface area contributed by atoms with Crippen molar-refractivity contribution in [3.8, 4) is 11.5 Å². The van der Waals surface area contributed by atoms with Crippen molar-refractivity contribution in [3.05, 3.63) is 65.9 Å². The van der Waals surface area contributed by atoms with E-state index in [0.29, 0.717) is 13.0 Å². The summed E-state index contributed by atoms with van der Waals surface area (Å²) in [5.74, 6) is 1.58. The zero-order valence-corrected chi connectivity index (χ0v) is 14.6. The highest BCUT2D eigenvalue weighted by molar-refractivity contribution is 5.82. The van der Waals surface area contributed by atoms with Crippen molar-refractivity contribution in [2.24, 2.45) is 0 Å². The third kappa shape index (κ3) is 3.47. The van der Waals surface area contributed by atoms with Crippen LogP contribution in [0.25, 0.3) is 10.9 Å². The van der Waals surface area contributed by atoms with Gasteiger partial charge in [-0.1, -0.05) is 24.3 Å². The zero-order valence-electron chi connectivity index (χ0n) is 14.6. The lowest BCUT2D eigenvalue weighted by Crippen LogP contribution is -2.43. The molecule has 1 amide bonds. The predicted octanol–water partition coefficient (Wildman–Crippen LogP) is 2.91. The molecule has 0 unspecified atom stereocenters. The number of fused-ring (bicyclic) bond motifs is 2. The summed E-state index contributed by atoms with van der Waals surface area (Å²) < 4.78 is 11.0. The summed E-state index contributed by atoms with van der Waals surface area (Å²) >= 11 is 0. The van der Waals surface area contributed by atoms with Crippen LogP contribution in [0.1, 0.15) is 11.1 Å². The number of nitrogens with one attached hydrogen (secondary N) is 1. The molecule has 1 aliphatic rings. The number of pyridine rings is 1. The van der Waals surface area contributed by atoms with Crippen LogP contribution in [-0.2, 0) is 17.6 Å². The fourth-order valence-electron chi connectivity index (χ4n) is 3.25. The van der Waals surface area contributed by atoms with E-state index in [4.69, 9.17) is 9.47 Å². The number of methoxy groups -OCH3 is 1. The number of aromatic nitrogens is 1. The van der Waals surface area contributed by atoms with E-state index in [1.165, 1.54) is 0 Å². The third-order valence-corrected chi connectivity index (χ3v) is 4.56. The van der Waals surface area contributed by atoms with Gasteiger partial charge in [0.15, 0.2) is 0 Å². The number of carbonyl (C=O) groups excluding carboxylic acids is 1. The van der Waals surface area contributed by atoms with E-state index in [9.17, 15) is 4.79 Å². The monoisotopic (exact) mass is 348 g/mol. The second-order valence-corrected chi connectivity index (χ2v) is 6.47. The van der Waals surface area contributed by atoms with Gasteiger partial charge >= 0.3 is 0 Å². The van der Waals surface area contributed by atoms with Crippen LogP contribution in [0, 0.1) is 0 Å². The molecule has 0 fully saturated rings. The quantitative estimate of drug-likeness (QED) is 0.788. The number of carbonyl (C=O) groups is 1. The number of amides is 1. The number of hydrogen-bond acceptors (Lipinski definition) is 4.